The SMILES string of the molecule is CN=C(NCC1CCCOC1C(C)(C)C)N1CC2C3CCC(O3)C2C1. The lowest BCUT2D eigenvalue weighted by molar-refractivity contribution is -0.0836. The van der Waals surface area contributed by atoms with E-state index in [-0.39, 0.29) is 5.41 Å². The molecule has 142 valence electrons. The van der Waals surface area contributed by atoms with E-state index in [9.17, 15) is 0 Å². The van der Waals surface area contributed by atoms with Crippen molar-refractivity contribution >= 4 is 5.96 Å². The maximum atomic E-state index is 6.13. The first-order valence-electron chi connectivity index (χ1n) is 10.2. The second-order valence-corrected chi connectivity index (χ2v) is 9.51. The minimum Gasteiger partial charge on any atom is -0.377 e. The molecule has 0 aliphatic carbocycles. The molecule has 0 radical (unpaired) electrons. The van der Waals surface area contributed by atoms with Crippen molar-refractivity contribution in [1.82, 2.24) is 10.2 Å². The molecule has 0 aromatic heterocycles. The number of fused-ring (bicyclic) bond motifs is 5. The number of guanidine groups is 1. The number of hydrogen-bond donors (Lipinski definition) is 1. The predicted octanol–water partition coefficient (Wildman–Crippen LogP) is 2.51. The number of likely N-dealkylation sites (tertiary alicyclic amines) is 1. The summed E-state index contributed by atoms with van der Waals surface area (Å²) in [7, 11) is 1.92. The normalized spacial score (nSPS) is 41.3. The van der Waals surface area contributed by atoms with Crippen LogP contribution >= 0.6 is 0 Å². The molecule has 5 heteroatoms. The van der Waals surface area contributed by atoms with E-state index in [1.165, 1.54) is 25.7 Å². The van der Waals surface area contributed by atoms with Crippen LogP contribution in [-0.4, -0.2) is 62.5 Å². The third kappa shape index (κ3) is 3.30. The van der Waals surface area contributed by atoms with Crippen LogP contribution in [0.25, 0.3) is 0 Å². The van der Waals surface area contributed by atoms with Crippen LogP contribution in [0.5, 0.6) is 0 Å². The number of nitrogens with zero attached hydrogens (tertiary/aromatic N) is 2. The highest BCUT2D eigenvalue weighted by atomic mass is 16.5. The molecule has 0 aromatic rings. The molecule has 4 rings (SSSR count). The molecule has 5 nitrogen and oxygen atoms in total. The number of rotatable bonds is 2. The van der Waals surface area contributed by atoms with Crippen LogP contribution in [0.15, 0.2) is 4.99 Å². The molecule has 6 atom stereocenters. The van der Waals surface area contributed by atoms with Crippen LogP contribution in [0.1, 0.15) is 46.5 Å². The van der Waals surface area contributed by atoms with Crippen molar-refractivity contribution in [2.75, 3.05) is 33.3 Å². The van der Waals surface area contributed by atoms with Crippen molar-refractivity contribution in [2.45, 2.75) is 64.8 Å². The van der Waals surface area contributed by atoms with Gasteiger partial charge >= 0.3 is 0 Å². The fourth-order valence-electron chi connectivity index (χ4n) is 5.70. The Hall–Kier alpha value is -0.810. The van der Waals surface area contributed by atoms with Crippen LogP contribution in [-0.2, 0) is 9.47 Å². The average Bonchev–Trinajstić information content (AvgIpc) is 3.28. The Morgan fingerprint density at radius 2 is 1.80 bits per heavy atom. The van der Waals surface area contributed by atoms with Gasteiger partial charge in [-0.05, 0) is 31.1 Å². The zero-order valence-electron chi connectivity index (χ0n) is 16.3. The quantitative estimate of drug-likeness (QED) is 0.615. The zero-order chi connectivity index (χ0) is 17.6. The summed E-state index contributed by atoms with van der Waals surface area (Å²) in [6, 6.07) is 0. The van der Waals surface area contributed by atoms with Crippen molar-refractivity contribution in [3.05, 3.63) is 0 Å². The number of nitrogens with one attached hydrogen (secondary N) is 1. The second kappa shape index (κ2) is 6.73. The Labute approximate surface area is 152 Å². The first-order valence-corrected chi connectivity index (χ1v) is 10.2. The van der Waals surface area contributed by atoms with E-state index in [1.54, 1.807) is 0 Å². The number of ether oxygens (including phenoxy) is 2. The standard InChI is InChI=1S/C20H35N3O2/c1-20(2,3)18-13(6-5-9-24-18)10-22-19(21-4)23-11-14-15(12-23)17-8-7-16(14)25-17/h13-18H,5-12H2,1-4H3,(H,21,22). The van der Waals surface area contributed by atoms with Gasteiger partial charge in [0.15, 0.2) is 5.96 Å². The molecule has 25 heavy (non-hydrogen) atoms. The monoisotopic (exact) mass is 349 g/mol. The van der Waals surface area contributed by atoms with Gasteiger partial charge in [-0.2, -0.15) is 0 Å². The number of aliphatic imine (C=N–C) groups is 1. The summed E-state index contributed by atoms with van der Waals surface area (Å²) >= 11 is 0. The van der Waals surface area contributed by atoms with Crippen molar-refractivity contribution < 1.29 is 9.47 Å². The summed E-state index contributed by atoms with van der Waals surface area (Å²) in [6.45, 7) is 11.0. The van der Waals surface area contributed by atoms with Crippen molar-refractivity contribution in [2.24, 2.45) is 28.2 Å². The first kappa shape index (κ1) is 17.6. The Kier molecular flexibility index (Phi) is 4.74. The molecule has 1 N–H and O–H groups in total. The average molecular weight is 350 g/mol. The lowest BCUT2D eigenvalue weighted by Gasteiger charge is -2.40. The summed E-state index contributed by atoms with van der Waals surface area (Å²) in [5.41, 5.74) is 0.192. The minimum absolute atomic E-state index is 0.192. The molecular weight excluding hydrogens is 314 g/mol. The largest absolute Gasteiger partial charge is 0.377 e. The fourth-order valence-corrected chi connectivity index (χ4v) is 5.70. The molecule has 4 fully saturated rings. The molecule has 0 amide bonds. The lowest BCUT2D eigenvalue weighted by atomic mass is 9.78. The maximum Gasteiger partial charge on any atom is 0.193 e. The molecular formula is C20H35N3O2. The van der Waals surface area contributed by atoms with Crippen molar-refractivity contribution in [3.8, 4) is 0 Å². The summed E-state index contributed by atoms with van der Waals surface area (Å²) in [5, 5.41) is 3.68. The van der Waals surface area contributed by atoms with E-state index >= 15 is 0 Å². The summed E-state index contributed by atoms with van der Waals surface area (Å²) in [4.78, 5) is 7.06. The van der Waals surface area contributed by atoms with Gasteiger partial charge in [-0.3, -0.25) is 4.99 Å². The van der Waals surface area contributed by atoms with E-state index in [0.717, 1.165) is 44.0 Å². The molecule has 0 spiro atoms. The molecule has 6 unspecified atom stereocenters. The highest BCUT2D eigenvalue weighted by Crippen LogP contribution is 2.47. The predicted molar refractivity (Wildman–Crippen MR) is 99.7 cm³/mol. The Morgan fingerprint density at radius 1 is 1.12 bits per heavy atom. The van der Waals surface area contributed by atoms with Crippen molar-refractivity contribution in [1.29, 1.82) is 0 Å². The van der Waals surface area contributed by atoms with Gasteiger partial charge in [0.25, 0.3) is 0 Å². The van der Waals surface area contributed by atoms with Gasteiger partial charge in [-0.15, -0.1) is 0 Å². The summed E-state index contributed by atoms with van der Waals surface area (Å²) < 4.78 is 12.2. The Bertz CT molecular complexity index is 498. The van der Waals surface area contributed by atoms with Crippen LogP contribution in [0.2, 0.25) is 0 Å². The molecule has 2 bridgehead atoms. The summed E-state index contributed by atoms with van der Waals surface area (Å²) in [5.74, 6) is 3.08. The van der Waals surface area contributed by atoms with Gasteiger partial charge in [0.2, 0.25) is 0 Å². The molecule has 4 aliphatic heterocycles. The lowest BCUT2D eigenvalue weighted by Crippen LogP contribution is -2.48. The maximum absolute atomic E-state index is 6.13. The topological polar surface area (TPSA) is 46.1 Å². The highest BCUT2D eigenvalue weighted by molar-refractivity contribution is 5.80. The minimum atomic E-state index is 0.192. The van der Waals surface area contributed by atoms with E-state index in [1.807, 2.05) is 7.05 Å². The van der Waals surface area contributed by atoms with Crippen LogP contribution in [0, 0.1) is 23.2 Å². The first-order chi connectivity index (χ1) is 12.0. The van der Waals surface area contributed by atoms with Crippen LogP contribution in [0.3, 0.4) is 0 Å². The van der Waals surface area contributed by atoms with Gasteiger partial charge in [0, 0.05) is 51.0 Å². The third-order valence-electron chi connectivity index (χ3n) is 6.78. The van der Waals surface area contributed by atoms with E-state index in [0.29, 0.717) is 24.2 Å². The van der Waals surface area contributed by atoms with Gasteiger partial charge in [0.05, 0.1) is 18.3 Å². The molecule has 4 heterocycles. The Morgan fingerprint density at radius 3 is 2.40 bits per heavy atom. The van der Waals surface area contributed by atoms with E-state index in [2.05, 4.69) is 36.0 Å². The molecule has 0 saturated carbocycles. The van der Waals surface area contributed by atoms with E-state index in [4.69, 9.17) is 9.47 Å². The van der Waals surface area contributed by atoms with Crippen molar-refractivity contribution in [3.63, 3.8) is 0 Å². The smallest absolute Gasteiger partial charge is 0.193 e. The Balaban J connectivity index is 1.35. The van der Waals surface area contributed by atoms with E-state index < -0.39 is 0 Å². The highest BCUT2D eigenvalue weighted by Gasteiger charge is 2.53. The summed E-state index contributed by atoms with van der Waals surface area (Å²) in [6.07, 6.45) is 6.29. The van der Waals surface area contributed by atoms with Gasteiger partial charge in [0.1, 0.15) is 0 Å². The molecule has 0 aromatic carbocycles. The molecule has 4 aliphatic rings. The van der Waals surface area contributed by atoms with Gasteiger partial charge in [-0.1, -0.05) is 20.8 Å². The number of hydrogen-bond acceptors (Lipinski definition) is 3. The van der Waals surface area contributed by atoms with Crippen LogP contribution in [0.4, 0.5) is 0 Å². The van der Waals surface area contributed by atoms with Gasteiger partial charge in [-0.25, -0.2) is 0 Å². The van der Waals surface area contributed by atoms with Gasteiger partial charge < -0.3 is 19.7 Å². The van der Waals surface area contributed by atoms with Crippen LogP contribution < -0.4 is 5.32 Å². The molecule has 4 saturated heterocycles. The zero-order valence-corrected chi connectivity index (χ0v) is 16.3. The fraction of sp³-hybridized carbons (Fsp3) is 0.950. The third-order valence-corrected chi connectivity index (χ3v) is 6.78. The second-order valence-electron chi connectivity index (χ2n) is 9.51.